The SMILES string of the molecule is CO[Si]1(OC)OCCO1. The third-order valence-electron chi connectivity index (χ3n) is 1.14. The van der Waals surface area contributed by atoms with Gasteiger partial charge in [-0.1, -0.05) is 0 Å². The molecule has 0 radical (unpaired) electrons. The Morgan fingerprint density at radius 3 is 1.78 bits per heavy atom. The van der Waals surface area contributed by atoms with Gasteiger partial charge >= 0.3 is 9.05 Å². The zero-order valence-electron chi connectivity index (χ0n) is 5.55. The molecule has 1 fully saturated rings. The van der Waals surface area contributed by atoms with Crippen LogP contribution in [0, 0.1) is 0 Å². The highest BCUT2D eigenvalue weighted by atomic mass is 28.4. The van der Waals surface area contributed by atoms with Crippen molar-refractivity contribution in [1.82, 2.24) is 0 Å². The van der Waals surface area contributed by atoms with E-state index in [4.69, 9.17) is 17.7 Å². The summed E-state index contributed by atoms with van der Waals surface area (Å²) in [4.78, 5) is 0. The summed E-state index contributed by atoms with van der Waals surface area (Å²) in [6.07, 6.45) is 0. The van der Waals surface area contributed by atoms with Crippen LogP contribution in [0.15, 0.2) is 0 Å². The second-order valence-corrected chi connectivity index (χ2v) is 4.00. The molecule has 0 N–H and O–H groups in total. The summed E-state index contributed by atoms with van der Waals surface area (Å²) in [7, 11) is 0.477. The molecular formula is C4H10O4Si. The van der Waals surface area contributed by atoms with Crippen molar-refractivity contribution >= 4 is 9.05 Å². The summed E-state index contributed by atoms with van der Waals surface area (Å²) in [6, 6.07) is 0. The standard InChI is InChI=1S/C4H10O4Si/c1-5-9(6-2)7-3-4-8-9/h3-4H2,1-2H3. The van der Waals surface area contributed by atoms with Crippen molar-refractivity contribution in [1.29, 1.82) is 0 Å². The van der Waals surface area contributed by atoms with Gasteiger partial charge in [-0.2, -0.15) is 0 Å². The van der Waals surface area contributed by atoms with Gasteiger partial charge in [-0.3, -0.25) is 0 Å². The Morgan fingerprint density at radius 2 is 1.56 bits per heavy atom. The first kappa shape index (κ1) is 7.17. The van der Waals surface area contributed by atoms with Gasteiger partial charge in [0.15, 0.2) is 0 Å². The van der Waals surface area contributed by atoms with Gasteiger partial charge in [0.2, 0.25) is 0 Å². The molecule has 0 bridgehead atoms. The van der Waals surface area contributed by atoms with Gasteiger partial charge in [-0.15, -0.1) is 0 Å². The lowest BCUT2D eigenvalue weighted by molar-refractivity contribution is 0.0597. The molecule has 0 saturated carbocycles. The second-order valence-electron chi connectivity index (χ2n) is 1.61. The third-order valence-corrected chi connectivity index (χ3v) is 3.26. The van der Waals surface area contributed by atoms with Crippen LogP contribution in [-0.4, -0.2) is 36.5 Å². The van der Waals surface area contributed by atoms with Crippen LogP contribution < -0.4 is 0 Å². The summed E-state index contributed by atoms with van der Waals surface area (Å²) >= 11 is 0. The van der Waals surface area contributed by atoms with E-state index in [1.54, 1.807) is 0 Å². The van der Waals surface area contributed by atoms with Crippen LogP contribution >= 0.6 is 0 Å². The van der Waals surface area contributed by atoms with Crippen LogP contribution in [0.4, 0.5) is 0 Å². The predicted octanol–water partition coefficient (Wildman–Crippen LogP) is -0.238. The first-order valence-electron chi connectivity index (χ1n) is 2.71. The lowest BCUT2D eigenvalue weighted by atomic mass is 10.8. The van der Waals surface area contributed by atoms with Crippen molar-refractivity contribution in [2.24, 2.45) is 0 Å². The molecule has 1 heterocycles. The highest BCUT2D eigenvalue weighted by Gasteiger charge is 2.47. The normalized spacial score (nSPS) is 24.7. The fourth-order valence-electron chi connectivity index (χ4n) is 0.694. The molecule has 0 aromatic rings. The molecule has 0 unspecified atom stereocenters. The van der Waals surface area contributed by atoms with E-state index >= 15 is 0 Å². The molecule has 1 aliphatic heterocycles. The largest absolute Gasteiger partial charge is 0.679 e. The molecule has 4 nitrogen and oxygen atoms in total. The second kappa shape index (κ2) is 2.76. The predicted molar refractivity (Wildman–Crippen MR) is 31.7 cm³/mol. The molecule has 1 aliphatic rings. The molecule has 0 spiro atoms. The van der Waals surface area contributed by atoms with Crippen molar-refractivity contribution in [3.63, 3.8) is 0 Å². The molecular weight excluding hydrogens is 140 g/mol. The highest BCUT2D eigenvalue weighted by Crippen LogP contribution is 2.13. The summed E-state index contributed by atoms with van der Waals surface area (Å²) < 4.78 is 20.1. The van der Waals surface area contributed by atoms with Crippen LogP contribution in [-0.2, 0) is 17.7 Å². The van der Waals surface area contributed by atoms with Gasteiger partial charge in [0.25, 0.3) is 0 Å². The monoisotopic (exact) mass is 150 g/mol. The molecule has 0 aliphatic carbocycles. The molecule has 54 valence electrons. The minimum absolute atomic E-state index is 0.577. The molecule has 1 rings (SSSR count). The quantitative estimate of drug-likeness (QED) is 0.509. The fourth-order valence-corrected chi connectivity index (χ4v) is 2.08. The minimum Gasteiger partial charge on any atom is -0.355 e. The summed E-state index contributed by atoms with van der Waals surface area (Å²) in [5, 5.41) is 0. The van der Waals surface area contributed by atoms with E-state index in [2.05, 4.69) is 0 Å². The van der Waals surface area contributed by atoms with Crippen LogP contribution in [0.5, 0.6) is 0 Å². The lowest BCUT2D eigenvalue weighted by Crippen LogP contribution is -2.42. The van der Waals surface area contributed by atoms with Crippen LogP contribution in [0.3, 0.4) is 0 Å². The molecule has 0 atom stereocenters. The van der Waals surface area contributed by atoms with Gasteiger partial charge in [-0.05, 0) is 0 Å². The van der Waals surface area contributed by atoms with E-state index in [0.29, 0.717) is 13.2 Å². The van der Waals surface area contributed by atoms with Crippen molar-refractivity contribution in [3.05, 3.63) is 0 Å². The zero-order chi connectivity index (χ0) is 6.74. The molecule has 0 aromatic carbocycles. The fraction of sp³-hybridized carbons (Fsp3) is 1.00. The van der Waals surface area contributed by atoms with Gasteiger partial charge in [0.05, 0.1) is 13.2 Å². The maximum absolute atomic E-state index is 5.11. The Bertz CT molecular complexity index is 84.6. The van der Waals surface area contributed by atoms with Crippen molar-refractivity contribution in [2.75, 3.05) is 27.4 Å². The lowest BCUT2D eigenvalue weighted by Gasteiger charge is -2.15. The third kappa shape index (κ3) is 1.30. The number of hydrogen-bond donors (Lipinski definition) is 0. The zero-order valence-corrected chi connectivity index (χ0v) is 6.55. The smallest absolute Gasteiger partial charge is 0.355 e. The van der Waals surface area contributed by atoms with E-state index in [9.17, 15) is 0 Å². The van der Waals surface area contributed by atoms with E-state index < -0.39 is 9.05 Å². The minimum atomic E-state index is -2.58. The summed E-state index contributed by atoms with van der Waals surface area (Å²) in [5.41, 5.74) is 0. The first-order valence-corrected chi connectivity index (χ1v) is 4.34. The van der Waals surface area contributed by atoms with Gasteiger partial charge < -0.3 is 17.7 Å². The first-order chi connectivity index (χ1) is 4.33. The molecule has 5 heteroatoms. The van der Waals surface area contributed by atoms with Gasteiger partial charge in [-0.25, -0.2) is 0 Å². The molecule has 0 amide bonds. The van der Waals surface area contributed by atoms with Crippen molar-refractivity contribution in [3.8, 4) is 0 Å². The Balaban J connectivity index is 2.45. The Hall–Kier alpha value is 0.0569. The highest BCUT2D eigenvalue weighted by molar-refractivity contribution is 6.53. The average Bonchev–Trinajstić information content (AvgIpc) is 2.36. The maximum Gasteiger partial charge on any atom is 0.679 e. The van der Waals surface area contributed by atoms with E-state index in [1.165, 1.54) is 14.2 Å². The Kier molecular flexibility index (Phi) is 2.20. The van der Waals surface area contributed by atoms with Crippen LogP contribution in [0.2, 0.25) is 0 Å². The van der Waals surface area contributed by atoms with Crippen molar-refractivity contribution < 1.29 is 17.7 Å². The van der Waals surface area contributed by atoms with Gasteiger partial charge in [0, 0.05) is 14.2 Å². The van der Waals surface area contributed by atoms with E-state index in [1.807, 2.05) is 0 Å². The van der Waals surface area contributed by atoms with Crippen molar-refractivity contribution in [2.45, 2.75) is 0 Å². The molecule has 0 aromatic heterocycles. The number of hydrogen-bond acceptors (Lipinski definition) is 4. The average molecular weight is 150 g/mol. The number of rotatable bonds is 2. The van der Waals surface area contributed by atoms with Crippen LogP contribution in [0.25, 0.3) is 0 Å². The Morgan fingerprint density at radius 1 is 1.11 bits per heavy atom. The Labute approximate surface area is 55.2 Å². The summed E-state index contributed by atoms with van der Waals surface area (Å²) in [6.45, 7) is 1.15. The van der Waals surface area contributed by atoms with E-state index in [0.717, 1.165) is 0 Å². The summed E-state index contributed by atoms with van der Waals surface area (Å²) in [5.74, 6) is 0. The van der Waals surface area contributed by atoms with E-state index in [-0.39, 0.29) is 0 Å². The topological polar surface area (TPSA) is 36.9 Å². The van der Waals surface area contributed by atoms with Gasteiger partial charge in [0.1, 0.15) is 0 Å². The van der Waals surface area contributed by atoms with Crippen LogP contribution in [0.1, 0.15) is 0 Å². The molecule has 9 heavy (non-hydrogen) atoms. The molecule has 1 saturated heterocycles. The maximum atomic E-state index is 5.11.